The summed E-state index contributed by atoms with van der Waals surface area (Å²) in [5.41, 5.74) is 0.644. The predicted octanol–water partition coefficient (Wildman–Crippen LogP) is 6.88. The van der Waals surface area contributed by atoms with Gasteiger partial charge in [0, 0.05) is 19.3 Å². The molecule has 0 saturated heterocycles. The van der Waals surface area contributed by atoms with Gasteiger partial charge in [-0.05, 0) is 24.8 Å². The van der Waals surface area contributed by atoms with Crippen molar-refractivity contribution in [3.8, 4) is 11.8 Å². The average molecular weight is 429 g/mol. The van der Waals surface area contributed by atoms with Crippen LogP contribution in [0.1, 0.15) is 108 Å². The molecule has 0 amide bonds. The van der Waals surface area contributed by atoms with Crippen molar-refractivity contribution in [2.45, 2.75) is 103 Å². The van der Waals surface area contributed by atoms with Gasteiger partial charge in [-0.3, -0.25) is 9.59 Å². The summed E-state index contributed by atoms with van der Waals surface area (Å²) in [7, 11) is 0. The largest absolute Gasteiger partial charge is 0.481 e. The maximum Gasteiger partial charge on any atom is 0.314 e. The number of carbonyl (C=O) groups excluding carboxylic acids is 1. The fraction of sp³-hybridized carbons (Fsp3) is 0.630. The normalized spacial score (nSPS) is 11.4. The standard InChI is InChI=1S/C27H40O4/c1-2-3-4-5-6-7-8-9-10-11-12-13-14-15-19-22-26(28)31-23-25(27(29)30)24-20-17-16-18-21-24/h16-18,20-21,25H,2-11,14-15,19,22-23H2,1H3,(H,29,30). The van der Waals surface area contributed by atoms with E-state index in [2.05, 4.69) is 18.8 Å². The van der Waals surface area contributed by atoms with Crippen LogP contribution in [0.25, 0.3) is 0 Å². The second kappa shape index (κ2) is 18.5. The number of rotatable bonds is 17. The monoisotopic (exact) mass is 428 g/mol. The fourth-order valence-corrected chi connectivity index (χ4v) is 3.43. The molecule has 0 aliphatic rings. The highest BCUT2D eigenvalue weighted by Gasteiger charge is 2.21. The van der Waals surface area contributed by atoms with E-state index in [0.29, 0.717) is 18.4 Å². The molecule has 4 nitrogen and oxygen atoms in total. The molecule has 172 valence electrons. The molecule has 0 heterocycles. The van der Waals surface area contributed by atoms with Gasteiger partial charge in [-0.1, -0.05) is 88.6 Å². The summed E-state index contributed by atoms with van der Waals surface area (Å²) in [4.78, 5) is 23.3. The number of carboxylic acids is 1. The van der Waals surface area contributed by atoms with Crippen LogP contribution >= 0.6 is 0 Å². The van der Waals surface area contributed by atoms with Gasteiger partial charge in [0.1, 0.15) is 12.5 Å². The molecule has 0 aliphatic heterocycles. The third-order valence-corrected chi connectivity index (χ3v) is 5.37. The topological polar surface area (TPSA) is 63.6 Å². The molecule has 1 atom stereocenters. The van der Waals surface area contributed by atoms with E-state index in [1.54, 1.807) is 24.3 Å². The Morgan fingerprint density at radius 3 is 1.97 bits per heavy atom. The third kappa shape index (κ3) is 14.4. The fourth-order valence-electron chi connectivity index (χ4n) is 3.43. The molecule has 31 heavy (non-hydrogen) atoms. The number of benzene rings is 1. The van der Waals surface area contributed by atoms with Gasteiger partial charge < -0.3 is 9.84 Å². The lowest BCUT2D eigenvalue weighted by Crippen LogP contribution is -2.20. The number of hydrogen-bond acceptors (Lipinski definition) is 3. The van der Waals surface area contributed by atoms with Gasteiger partial charge in [0.05, 0.1) is 0 Å². The van der Waals surface area contributed by atoms with Crippen LogP contribution in [-0.2, 0) is 14.3 Å². The highest BCUT2D eigenvalue weighted by Crippen LogP contribution is 2.17. The molecule has 0 aromatic heterocycles. The first-order valence-electron chi connectivity index (χ1n) is 12.0. The van der Waals surface area contributed by atoms with Gasteiger partial charge in [0.25, 0.3) is 0 Å². The van der Waals surface area contributed by atoms with Crippen molar-refractivity contribution < 1.29 is 19.4 Å². The lowest BCUT2D eigenvalue weighted by molar-refractivity contribution is -0.148. The molecule has 1 N–H and O–H groups in total. The van der Waals surface area contributed by atoms with Crippen molar-refractivity contribution in [1.29, 1.82) is 0 Å². The number of hydrogen-bond donors (Lipinski definition) is 1. The smallest absolute Gasteiger partial charge is 0.314 e. The predicted molar refractivity (Wildman–Crippen MR) is 126 cm³/mol. The Morgan fingerprint density at radius 2 is 1.39 bits per heavy atom. The Hall–Kier alpha value is -2.28. The van der Waals surface area contributed by atoms with Crippen molar-refractivity contribution >= 4 is 11.9 Å². The molecule has 0 bridgehead atoms. The van der Waals surface area contributed by atoms with E-state index >= 15 is 0 Å². The molecule has 1 rings (SSSR count). The first-order valence-corrected chi connectivity index (χ1v) is 12.0. The summed E-state index contributed by atoms with van der Waals surface area (Å²) in [6, 6.07) is 8.86. The molecule has 1 unspecified atom stereocenters. The summed E-state index contributed by atoms with van der Waals surface area (Å²) in [5, 5.41) is 9.35. The Bertz CT molecular complexity index is 657. The van der Waals surface area contributed by atoms with Crippen molar-refractivity contribution in [2.75, 3.05) is 6.61 Å². The molecule has 0 fully saturated rings. The number of esters is 1. The van der Waals surface area contributed by atoms with Gasteiger partial charge in [-0.25, -0.2) is 0 Å². The van der Waals surface area contributed by atoms with Crippen molar-refractivity contribution in [1.82, 2.24) is 0 Å². The molecular weight excluding hydrogens is 388 g/mol. The Labute approximate surface area is 188 Å². The van der Waals surface area contributed by atoms with E-state index in [9.17, 15) is 14.7 Å². The second-order valence-electron chi connectivity index (χ2n) is 8.12. The minimum Gasteiger partial charge on any atom is -0.481 e. The Morgan fingerprint density at radius 1 is 0.839 bits per heavy atom. The average Bonchev–Trinajstić information content (AvgIpc) is 2.77. The first kappa shape index (κ1) is 26.8. The van der Waals surface area contributed by atoms with Gasteiger partial charge in [-0.2, -0.15) is 0 Å². The van der Waals surface area contributed by atoms with Crippen LogP contribution < -0.4 is 0 Å². The quantitative estimate of drug-likeness (QED) is 0.167. The van der Waals surface area contributed by atoms with E-state index in [0.717, 1.165) is 19.3 Å². The zero-order valence-corrected chi connectivity index (χ0v) is 19.2. The molecule has 0 saturated carbocycles. The summed E-state index contributed by atoms with van der Waals surface area (Å²) in [6.45, 7) is 2.12. The van der Waals surface area contributed by atoms with Gasteiger partial charge >= 0.3 is 11.9 Å². The zero-order chi connectivity index (χ0) is 22.6. The third-order valence-electron chi connectivity index (χ3n) is 5.37. The van der Waals surface area contributed by atoms with E-state index in [4.69, 9.17) is 4.74 Å². The van der Waals surface area contributed by atoms with Crippen molar-refractivity contribution in [3.05, 3.63) is 35.9 Å². The van der Waals surface area contributed by atoms with Crippen molar-refractivity contribution in [3.63, 3.8) is 0 Å². The lowest BCUT2D eigenvalue weighted by atomic mass is 10.0. The molecule has 0 aliphatic carbocycles. The molecule has 0 spiro atoms. The minimum atomic E-state index is -0.985. The second-order valence-corrected chi connectivity index (χ2v) is 8.12. The first-order chi connectivity index (χ1) is 15.1. The summed E-state index contributed by atoms with van der Waals surface area (Å²) in [5.74, 6) is 4.27. The number of aliphatic carboxylic acids is 1. The van der Waals surface area contributed by atoms with Crippen LogP contribution in [0.4, 0.5) is 0 Å². The van der Waals surface area contributed by atoms with Gasteiger partial charge in [-0.15, -0.1) is 11.8 Å². The Balaban J connectivity index is 2.00. The molecule has 1 aromatic rings. The molecule has 4 heteroatoms. The minimum absolute atomic E-state index is 0.128. The van der Waals surface area contributed by atoms with Crippen LogP contribution in [0.15, 0.2) is 30.3 Å². The number of carboxylic acid groups (broad SMARTS) is 1. The summed E-state index contributed by atoms with van der Waals surface area (Å²) >= 11 is 0. The van der Waals surface area contributed by atoms with Crippen LogP contribution in [0.3, 0.4) is 0 Å². The lowest BCUT2D eigenvalue weighted by Gasteiger charge is -2.13. The van der Waals surface area contributed by atoms with E-state index < -0.39 is 11.9 Å². The molecular formula is C27H40O4. The highest BCUT2D eigenvalue weighted by molar-refractivity contribution is 5.77. The van der Waals surface area contributed by atoms with E-state index in [1.165, 1.54) is 57.8 Å². The van der Waals surface area contributed by atoms with Crippen LogP contribution in [0.5, 0.6) is 0 Å². The number of ether oxygens (including phenoxy) is 1. The Kier molecular flexibility index (Phi) is 16.0. The highest BCUT2D eigenvalue weighted by atomic mass is 16.5. The van der Waals surface area contributed by atoms with E-state index in [-0.39, 0.29) is 12.6 Å². The number of carbonyl (C=O) groups is 2. The van der Waals surface area contributed by atoms with Crippen LogP contribution in [0, 0.1) is 11.8 Å². The van der Waals surface area contributed by atoms with Crippen molar-refractivity contribution in [2.24, 2.45) is 0 Å². The molecule has 0 radical (unpaired) electrons. The van der Waals surface area contributed by atoms with Crippen LogP contribution in [-0.4, -0.2) is 23.7 Å². The maximum absolute atomic E-state index is 11.9. The zero-order valence-electron chi connectivity index (χ0n) is 19.2. The maximum atomic E-state index is 11.9. The SMILES string of the molecule is CCCCCCCCCCCC#CCCCCC(=O)OCC(C(=O)O)c1ccccc1. The summed E-state index contributed by atoms with van der Waals surface area (Å²) < 4.78 is 5.18. The van der Waals surface area contributed by atoms with E-state index in [1.807, 2.05) is 6.07 Å². The van der Waals surface area contributed by atoms with Gasteiger partial charge in [0.2, 0.25) is 0 Å². The number of unbranched alkanes of at least 4 members (excludes halogenated alkanes) is 11. The van der Waals surface area contributed by atoms with Crippen LogP contribution in [0.2, 0.25) is 0 Å². The summed E-state index contributed by atoms with van der Waals surface area (Å²) in [6.07, 6.45) is 15.6. The molecule has 1 aromatic carbocycles. The van der Waals surface area contributed by atoms with Gasteiger partial charge in [0.15, 0.2) is 0 Å².